The van der Waals surface area contributed by atoms with Gasteiger partial charge in [-0.05, 0) is 36.6 Å². The normalized spacial score (nSPS) is 12.5. The molecular formula is C15H16N4OS. The van der Waals surface area contributed by atoms with Crippen molar-refractivity contribution in [3.05, 3.63) is 50.9 Å². The highest BCUT2D eigenvalue weighted by atomic mass is 32.1. The molecule has 0 saturated carbocycles. The molecule has 0 radical (unpaired) electrons. The Bertz CT molecular complexity index is 825. The number of rotatable bonds is 3. The summed E-state index contributed by atoms with van der Waals surface area (Å²) >= 11 is 1.69. The largest absolute Gasteiger partial charge is 0.399 e. The molecule has 108 valence electrons. The second-order valence-electron chi connectivity index (χ2n) is 4.97. The van der Waals surface area contributed by atoms with Crippen LogP contribution in [-0.2, 0) is 0 Å². The summed E-state index contributed by atoms with van der Waals surface area (Å²) in [5, 5.41) is 2.55. The first-order chi connectivity index (χ1) is 10.1. The maximum Gasteiger partial charge on any atom is 0.260 e. The number of nitrogens with zero attached hydrogens (tertiary/aromatic N) is 2. The zero-order chi connectivity index (χ0) is 15.0. The predicted octanol–water partition coefficient (Wildman–Crippen LogP) is 2.76. The molecule has 0 spiro atoms. The Balaban J connectivity index is 2.05. The molecule has 3 rings (SSSR count). The molecule has 0 fully saturated rings. The lowest BCUT2D eigenvalue weighted by Gasteiger charge is -2.24. The van der Waals surface area contributed by atoms with Gasteiger partial charge in [-0.25, -0.2) is 4.98 Å². The van der Waals surface area contributed by atoms with Crippen LogP contribution >= 0.6 is 11.3 Å². The van der Waals surface area contributed by atoms with Gasteiger partial charge in [0.15, 0.2) is 0 Å². The Labute approximate surface area is 126 Å². The maximum atomic E-state index is 12.2. The first kappa shape index (κ1) is 13.6. The molecule has 2 aromatic heterocycles. The van der Waals surface area contributed by atoms with Crippen LogP contribution in [0.25, 0.3) is 10.9 Å². The molecule has 1 unspecified atom stereocenters. The molecule has 2 heterocycles. The summed E-state index contributed by atoms with van der Waals surface area (Å²) in [5.74, 6) is 0.554. The molecular weight excluding hydrogens is 284 g/mol. The molecule has 0 saturated heterocycles. The van der Waals surface area contributed by atoms with Gasteiger partial charge < -0.3 is 10.6 Å². The number of benzene rings is 1. The van der Waals surface area contributed by atoms with E-state index in [4.69, 9.17) is 5.73 Å². The van der Waals surface area contributed by atoms with E-state index in [0.717, 1.165) is 0 Å². The van der Waals surface area contributed by atoms with Gasteiger partial charge in [-0.1, -0.05) is 6.07 Å². The molecule has 0 bridgehead atoms. The van der Waals surface area contributed by atoms with Crippen LogP contribution in [0.1, 0.15) is 17.8 Å². The van der Waals surface area contributed by atoms with Crippen molar-refractivity contribution in [2.24, 2.45) is 0 Å². The van der Waals surface area contributed by atoms with Crippen LogP contribution in [0, 0.1) is 0 Å². The van der Waals surface area contributed by atoms with Crippen LogP contribution < -0.4 is 16.2 Å². The number of aromatic nitrogens is 2. The molecule has 1 atom stereocenters. The fourth-order valence-corrected chi connectivity index (χ4v) is 3.04. The highest BCUT2D eigenvalue weighted by Crippen LogP contribution is 2.26. The number of hydrogen-bond donors (Lipinski definition) is 2. The standard InChI is InChI=1S/C15H16N4OS/c1-9(13-4-3-7-21-13)19(2)15-17-12-6-5-10(16)8-11(12)14(20)18-15/h3-9H,16H2,1-2H3,(H,17,18,20). The number of aromatic amines is 1. The smallest absolute Gasteiger partial charge is 0.260 e. The fraction of sp³-hybridized carbons (Fsp3) is 0.200. The maximum absolute atomic E-state index is 12.2. The summed E-state index contributed by atoms with van der Waals surface area (Å²) in [4.78, 5) is 22.7. The molecule has 1 aromatic carbocycles. The van der Waals surface area contributed by atoms with Crippen molar-refractivity contribution in [2.45, 2.75) is 13.0 Å². The van der Waals surface area contributed by atoms with Gasteiger partial charge in [-0.15, -0.1) is 11.3 Å². The number of nitrogen functional groups attached to an aromatic ring is 1. The summed E-state index contributed by atoms with van der Waals surface area (Å²) in [6.07, 6.45) is 0. The zero-order valence-corrected chi connectivity index (χ0v) is 12.6. The third-order valence-electron chi connectivity index (χ3n) is 3.59. The quantitative estimate of drug-likeness (QED) is 0.729. The van der Waals surface area contributed by atoms with Gasteiger partial charge >= 0.3 is 0 Å². The fourth-order valence-electron chi connectivity index (χ4n) is 2.21. The van der Waals surface area contributed by atoms with E-state index in [1.807, 2.05) is 23.4 Å². The van der Waals surface area contributed by atoms with E-state index in [0.29, 0.717) is 22.5 Å². The number of anilines is 2. The van der Waals surface area contributed by atoms with E-state index in [1.54, 1.807) is 29.5 Å². The molecule has 0 aliphatic carbocycles. The summed E-state index contributed by atoms with van der Waals surface area (Å²) in [5.41, 5.74) is 6.74. The third kappa shape index (κ3) is 2.50. The monoisotopic (exact) mass is 300 g/mol. The van der Waals surface area contributed by atoms with E-state index in [-0.39, 0.29) is 11.6 Å². The average Bonchev–Trinajstić information content (AvgIpc) is 3.00. The average molecular weight is 300 g/mol. The minimum atomic E-state index is -0.174. The summed E-state index contributed by atoms with van der Waals surface area (Å²) in [6.45, 7) is 2.08. The van der Waals surface area contributed by atoms with E-state index in [1.165, 1.54) is 4.88 Å². The van der Waals surface area contributed by atoms with Crippen LogP contribution in [0.4, 0.5) is 11.6 Å². The highest BCUT2D eigenvalue weighted by Gasteiger charge is 2.16. The van der Waals surface area contributed by atoms with E-state index in [9.17, 15) is 4.79 Å². The SMILES string of the molecule is CC(c1cccs1)N(C)c1nc2ccc(N)cc2c(=O)[nH]1. The number of hydrogen-bond acceptors (Lipinski definition) is 5. The van der Waals surface area contributed by atoms with Crippen molar-refractivity contribution in [3.63, 3.8) is 0 Å². The topological polar surface area (TPSA) is 75.0 Å². The lowest BCUT2D eigenvalue weighted by molar-refractivity contribution is 0.728. The van der Waals surface area contributed by atoms with Crippen molar-refractivity contribution in [3.8, 4) is 0 Å². The van der Waals surface area contributed by atoms with Crippen LogP contribution in [0.2, 0.25) is 0 Å². The number of nitrogens with one attached hydrogen (secondary N) is 1. The van der Waals surface area contributed by atoms with Gasteiger partial charge in [0.25, 0.3) is 5.56 Å². The lowest BCUT2D eigenvalue weighted by Crippen LogP contribution is -2.25. The first-order valence-electron chi connectivity index (χ1n) is 6.62. The van der Waals surface area contributed by atoms with Gasteiger partial charge in [0.05, 0.1) is 16.9 Å². The van der Waals surface area contributed by atoms with Crippen LogP contribution in [0.5, 0.6) is 0 Å². The Kier molecular flexibility index (Phi) is 3.39. The molecule has 3 N–H and O–H groups in total. The van der Waals surface area contributed by atoms with Gasteiger partial charge in [-0.2, -0.15) is 0 Å². The Morgan fingerprint density at radius 2 is 2.19 bits per heavy atom. The van der Waals surface area contributed by atoms with Crippen LogP contribution in [-0.4, -0.2) is 17.0 Å². The molecule has 0 aliphatic heterocycles. The van der Waals surface area contributed by atoms with Crippen LogP contribution in [0.15, 0.2) is 40.5 Å². The molecule has 6 heteroatoms. The van der Waals surface area contributed by atoms with Gasteiger partial charge in [0.1, 0.15) is 0 Å². The minimum Gasteiger partial charge on any atom is -0.399 e. The van der Waals surface area contributed by atoms with E-state index >= 15 is 0 Å². The molecule has 3 aromatic rings. The Morgan fingerprint density at radius 1 is 1.38 bits per heavy atom. The first-order valence-corrected chi connectivity index (χ1v) is 7.50. The van der Waals surface area contributed by atoms with E-state index in [2.05, 4.69) is 23.0 Å². The molecule has 0 amide bonds. The van der Waals surface area contributed by atoms with Crippen molar-refractivity contribution in [2.75, 3.05) is 17.7 Å². The van der Waals surface area contributed by atoms with Gasteiger partial charge in [-0.3, -0.25) is 9.78 Å². The van der Waals surface area contributed by atoms with Crippen molar-refractivity contribution < 1.29 is 0 Å². The number of nitrogens with two attached hydrogens (primary N) is 1. The Hall–Kier alpha value is -2.34. The van der Waals surface area contributed by atoms with Crippen molar-refractivity contribution in [1.29, 1.82) is 0 Å². The Morgan fingerprint density at radius 3 is 2.90 bits per heavy atom. The lowest BCUT2D eigenvalue weighted by atomic mass is 10.2. The third-order valence-corrected chi connectivity index (χ3v) is 4.63. The summed E-state index contributed by atoms with van der Waals surface area (Å²) in [7, 11) is 1.92. The molecule has 0 aliphatic rings. The van der Waals surface area contributed by atoms with Crippen LogP contribution in [0.3, 0.4) is 0 Å². The minimum absolute atomic E-state index is 0.138. The van der Waals surface area contributed by atoms with E-state index < -0.39 is 0 Å². The number of fused-ring (bicyclic) bond motifs is 1. The summed E-state index contributed by atoms with van der Waals surface area (Å²) in [6, 6.07) is 9.40. The van der Waals surface area contributed by atoms with Gasteiger partial charge in [0, 0.05) is 17.6 Å². The predicted molar refractivity (Wildman–Crippen MR) is 87.9 cm³/mol. The number of thiophene rings is 1. The highest BCUT2D eigenvalue weighted by molar-refractivity contribution is 7.10. The second kappa shape index (κ2) is 5.21. The molecule has 5 nitrogen and oxygen atoms in total. The second-order valence-corrected chi connectivity index (χ2v) is 5.95. The van der Waals surface area contributed by atoms with Crippen molar-refractivity contribution >= 4 is 33.9 Å². The van der Waals surface area contributed by atoms with Crippen molar-refractivity contribution in [1.82, 2.24) is 9.97 Å². The number of H-pyrrole nitrogens is 1. The zero-order valence-electron chi connectivity index (χ0n) is 11.8. The van der Waals surface area contributed by atoms with Gasteiger partial charge in [0.2, 0.25) is 5.95 Å². The molecule has 21 heavy (non-hydrogen) atoms. The summed E-state index contributed by atoms with van der Waals surface area (Å²) < 4.78 is 0.